The Kier molecular flexibility index (Phi) is 4.25. The summed E-state index contributed by atoms with van der Waals surface area (Å²) in [4.78, 5) is 0. The Morgan fingerprint density at radius 2 is 1.94 bits per heavy atom. The van der Waals surface area contributed by atoms with Gasteiger partial charge in [0.2, 0.25) is 0 Å². The third kappa shape index (κ3) is 2.85. The molecule has 0 unspecified atom stereocenters. The van der Waals surface area contributed by atoms with Gasteiger partial charge < -0.3 is 14.8 Å². The highest BCUT2D eigenvalue weighted by molar-refractivity contribution is 5.34. The number of benzene rings is 1. The van der Waals surface area contributed by atoms with Crippen molar-refractivity contribution in [3.8, 4) is 5.75 Å². The summed E-state index contributed by atoms with van der Waals surface area (Å²) in [5, 5.41) is 3.52. The molecule has 0 radical (unpaired) electrons. The van der Waals surface area contributed by atoms with E-state index in [4.69, 9.17) is 9.47 Å². The lowest BCUT2D eigenvalue weighted by molar-refractivity contribution is -0.0597. The van der Waals surface area contributed by atoms with Gasteiger partial charge >= 0.3 is 0 Å². The Morgan fingerprint density at radius 1 is 1.28 bits per heavy atom. The molecule has 0 amide bonds. The highest BCUT2D eigenvalue weighted by Crippen LogP contribution is 2.32. The van der Waals surface area contributed by atoms with Crippen LogP contribution in [0, 0.1) is 0 Å². The fourth-order valence-corrected chi connectivity index (χ4v) is 2.19. The van der Waals surface area contributed by atoms with Crippen LogP contribution in [0.5, 0.6) is 5.75 Å². The Bertz CT molecular complexity index is 369. The van der Waals surface area contributed by atoms with Gasteiger partial charge in [-0.1, -0.05) is 26.0 Å². The van der Waals surface area contributed by atoms with Crippen molar-refractivity contribution in [2.45, 2.75) is 32.2 Å². The van der Waals surface area contributed by atoms with Gasteiger partial charge in [-0.2, -0.15) is 0 Å². The van der Waals surface area contributed by atoms with Gasteiger partial charge in [0.1, 0.15) is 5.75 Å². The average molecular weight is 249 g/mol. The van der Waals surface area contributed by atoms with Crippen molar-refractivity contribution in [1.82, 2.24) is 5.32 Å². The molecule has 0 spiro atoms. The standard InChI is InChI=1S/C15H23NO2/c1-4-18-14-7-5-13(6-8-14)15(10-17-11-15)9-16-12(2)3/h5-8,12,16H,4,9-11H2,1-3H3. The van der Waals surface area contributed by atoms with E-state index in [9.17, 15) is 0 Å². The van der Waals surface area contributed by atoms with Crippen molar-refractivity contribution in [3.63, 3.8) is 0 Å². The maximum atomic E-state index is 5.48. The third-order valence-corrected chi connectivity index (χ3v) is 3.38. The molecular weight excluding hydrogens is 226 g/mol. The van der Waals surface area contributed by atoms with Crippen molar-refractivity contribution in [1.29, 1.82) is 0 Å². The molecule has 100 valence electrons. The maximum Gasteiger partial charge on any atom is 0.119 e. The monoisotopic (exact) mass is 249 g/mol. The van der Waals surface area contributed by atoms with Crippen LogP contribution in [0.2, 0.25) is 0 Å². The molecule has 0 bridgehead atoms. The molecule has 3 heteroatoms. The molecular formula is C15H23NO2. The molecule has 1 N–H and O–H groups in total. The molecule has 0 aliphatic carbocycles. The zero-order chi connectivity index (χ0) is 13.0. The lowest BCUT2D eigenvalue weighted by Crippen LogP contribution is -2.54. The summed E-state index contributed by atoms with van der Waals surface area (Å²) < 4.78 is 10.9. The van der Waals surface area contributed by atoms with Crippen LogP contribution < -0.4 is 10.1 Å². The van der Waals surface area contributed by atoms with Crippen LogP contribution in [0.4, 0.5) is 0 Å². The summed E-state index contributed by atoms with van der Waals surface area (Å²) in [5.41, 5.74) is 1.49. The first-order valence-electron chi connectivity index (χ1n) is 6.71. The molecule has 1 fully saturated rings. The van der Waals surface area contributed by atoms with Gasteiger partial charge in [-0.15, -0.1) is 0 Å². The molecule has 1 aromatic carbocycles. The number of hydrogen-bond donors (Lipinski definition) is 1. The lowest BCUT2D eigenvalue weighted by Gasteiger charge is -2.42. The molecule has 1 saturated heterocycles. The van der Waals surface area contributed by atoms with E-state index in [2.05, 4.69) is 31.3 Å². The Labute approximate surface area is 109 Å². The van der Waals surface area contributed by atoms with Crippen molar-refractivity contribution < 1.29 is 9.47 Å². The maximum absolute atomic E-state index is 5.48. The Balaban J connectivity index is 2.07. The van der Waals surface area contributed by atoms with Crippen LogP contribution in [0.1, 0.15) is 26.3 Å². The van der Waals surface area contributed by atoms with E-state index < -0.39 is 0 Å². The molecule has 1 aromatic rings. The fourth-order valence-electron chi connectivity index (χ4n) is 2.19. The highest BCUT2D eigenvalue weighted by Gasteiger charge is 2.40. The van der Waals surface area contributed by atoms with Crippen LogP contribution in [0.15, 0.2) is 24.3 Å². The first kappa shape index (κ1) is 13.4. The summed E-state index contributed by atoms with van der Waals surface area (Å²) in [5.74, 6) is 0.938. The minimum Gasteiger partial charge on any atom is -0.494 e. The SMILES string of the molecule is CCOc1ccc(C2(CNC(C)C)COC2)cc1. The second kappa shape index (κ2) is 5.72. The second-order valence-electron chi connectivity index (χ2n) is 5.27. The van der Waals surface area contributed by atoms with Gasteiger partial charge in [0.05, 0.1) is 25.2 Å². The van der Waals surface area contributed by atoms with Crippen LogP contribution in [0.25, 0.3) is 0 Å². The molecule has 1 aliphatic heterocycles. The number of hydrogen-bond acceptors (Lipinski definition) is 3. The van der Waals surface area contributed by atoms with Gasteiger partial charge in [0, 0.05) is 12.6 Å². The molecule has 3 nitrogen and oxygen atoms in total. The summed E-state index contributed by atoms with van der Waals surface area (Å²) in [7, 11) is 0. The normalized spacial score (nSPS) is 17.6. The lowest BCUT2D eigenvalue weighted by atomic mass is 9.78. The van der Waals surface area contributed by atoms with Crippen LogP contribution in [0.3, 0.4) is 0 Å². The van der Waals surface area contributed by atoms with Crippen LogP contribution in [-0.4, -0.2) is 32.4 Å². The molecule has 1 aliphatic rings. The van der Waals surface area contributed by atoms with Crippen molar-refractivity contribution >= 4 is 0 Å². The minimum atomic E-state index is 0.148. The average Bonchev–Trinajstić information content (AvgIpc) is 2.30. The smallest absolute Gasteiger partial charge is 0.119 e. The van der Waals surface area contributed by atoms with Crippen molar-refractivity contribution in [2.24, 2.45) is 0 Å². The van der Waals surface area contributed by atoms with Gasteiger partial charge in [-0.25, -0.2) is 0 Å². The fraction of sp³-hybridized carbons (Fsp3) is 0.600. The van der Waals surface area contributed by atoms with Gasteiger partial charge in [-0.05, 0) is 24.6 Å². The minimum absolute atomic E-state index is 0.148. The van der Waals surface area contributed by atoms with E-state index in [1.807, 2.05) is 19.1 Å². The Hall–Kier alpha value is -1.06. The topological polar surface area (TPSA) is 30.5 Å². The summed E-state index contributed by atoms with van der Waals surface area (Å²) in [6.45, 7) is 9.64. The number of ether oxygens (including phenoxy) is 2. The zero-order valence-corrected chi connectivity index (χ0v) is 11.5. The van der Waals surface area contributed by atoms with Gasteiger partial charge in [0.25, 0.3) is 0 Å². The van der Waals surface area contributed by atoms with E-state index >= 15 is 0 Å². The second-order valence-corrected chi connectivity index (χ2v) is 5.27. The van der Waals surface area contributed by atoms with E-state index in [0.717, 1.165) is 25.5 Å². The summed E-state index contributed by atoms with van der Waals surface area (Å²) >= 11 is 0. The van der Waals surface area contributed by atoms with E-state index in [0.29, 0.717) is 12.6 Å². The number of rotatable bonds is 6. The zero-order valence-electron chi connectivity index (χ0n) is 11.5. The van der Waals surface area contributed by atoms with E-state index in [1.165, 1.54) is 5.56 Å². The largest absolute Gasteiger partial charge is 0.494 e. The first-order valence-corrected chi connectivity index (χ1v) is 6.71. The molecule has 0 aromatic heterocycles. The molecule has 0 saturated carbocycles. The first-order chi connectivity index (χ1) is 8.66. The third-order valence-electron chi connectivity index (χ3n) is 3.38. The highest BCUT2D eigenvalue weighted by atomic mass is 16.5. The Morgan fingerprint density at radius 3 is 2.39 bits per heavy atom. The molecule has 2 rings (SSSR count). The van der Waals surface area contributed by atoms with Crippen LogP contribution >= 0.6 is 0 Å². The predicted octanol–water partition coefficient (Wildman–Crippen LogP) is 2.35. The van der Waals surface area contributed by atoms with Gasteiger partial charge in [0.15, 0.2) is 0 Å². The molecule has 18 heavy (non-hydrogen) atoms. The number of nitrogens with one attached hydrogen (secondary N) is 1. The van der Waals surface area contributed by atoms with Crippen molar-refractivity contribution in [2.75, 3.05) is 26.4 Å². The van der Waals surface area contributed by atoms with Crippen LogP contribution in [-0.2, 0) is 10.2 Å². The van der Waals surface area contributed by atoms with E-state index in [-0.39, 0.29) is 5.41 Å². The van der Waals surface area contributed by atoms with E-state index in [1.54, 1.807) is 0 Å². The van der Waals surface area contributed by atoms with Gasteiger partial charge in [-0.3, -0.25) is 0 Å². The van der Waals surface area contributed by atoms with Crippen molar-refractivity contribution in [3.05, 3.63) is 29.8 Å². The summed E-state index contributed by atoms with van der Waals surface area (Å²) in [6.07, 6.45) is 0. The molecule has 0 atom stereocenters. The predicted molar refractivity (Wildman–Crippen MR) is 73.2 cm³/mol. The summed E-state index contributed by atoms with van der Waals surface area (Å²) in [6, 6.07) is 8.93. The molecule has 1 heterocycles. The quantitative estimate of drug-likeness (QED) is 0.839.